The third kappa shape index (κ3) is 2.69. The largest absolute Gasteiger partial charge is 0.497 e. The zero-order valence-corrected chi connectivity index (χ0v) is 14.0. The summed E-state index contributed by atoms with van der Waals surface area (Å²) >= 11 is 0. The Balaban J connectivity index is 1.57. The number of imide groups is 1. The van der Waals surface area contributed by atoms with Crippen LogP contribution in [0.15, 0.2) is 72.8 Å². The predicted molar refractivity (Wildman–Crippen MR) is 97.1 cm³/mol. The van der Waals surface area contributed by atoms with Gasteiger partial charge in [-0.3, -0.25) is 9.59 Å². The fourth-order valence-corrected chi connectivity index (χ4v) is 2.89. The van der Waals surface area contributed by atoms with Gasteiger partial charge in [0.05, 0.1) is 23.9 Å². The summed E-state index contributed by atoms with van der Waals surface area (Å²) < 4.78 is 11.0. The fraction of sp³-hybridized carbons (Fsp3) is 0.0476. The molecular formula is C21H15NO4. The highest BCUT2D eigenvalue weighted by Crippen LogP contribution is 2.31. The Labute approximate surface area is 150 Å². The smallest absolute Gasteiger partial charge is 0.266 e. The van der Waals surface area contributed by atoms with E-state index in [1.54, 1.807) is 61.7 Å². The number of fused-ring (bicyclic) bond motifs is 1. The van der Waals surface area contributed by atoms with Gasteiger partial charge in [-0.05, 0) is 48.5 Å². The molecule has 128 valence electrons. The van der Waals surface area contributed by atoms with Crippen LogP contribution in [0.4, 0.5) is 5.69 Å². The second-order valence-corrected chi connectivity index (χ2v) is 5.77. The molecule has 0 unspecified atom stereocenters. The normalized spacial score (nSPS) is 12.9. The molecule has 0 fully saturated rings. The van der Waals surface area contributed by atoms with Crippen LogP contribution in [0.3, 0.4) is 0 Å². The van der Waals surface area contributed by atoms with Crippen LogP contribution in [0, 0.1) is 0 Å². The van der Waals surface area contributed by atoms with Crippen LogP contribution in [0.5, 0.6) is 17.2 Å². The van der Waals surface area contributed by atoms with Gasteiger partial charge in [-0.25, -0.2) is 4.90 Å². The maximum atomic E-state index is 12.5. The van der Waals surface area contributed by atoms with Crippen LogP contribution < -0.4 is 14.4 Å². The van der Waals surface area contributed by atoms with Gasteiger partial charge >= 0.3 is 0 Å². The average Bonchev–Trinajstić information content (AvgIpc) is 2.94. The number of ether oxygens (including phenoxy) is 2. The summed E-state index contributed by atoms with van der Waals surface area (Å²) in [5.74, 6) is 1.31. The van der Waals surface area contributed by atoms with Gasteiger partial charge in [0.1, 0.15) is 17.2 Å². The van der Waals surface area contributed by atoms with E-state index >= 15 is 0 Å². The van der Waals surface area contributed by atoms with Gasteiger partial charge in [0.2, 0.25) is 0 Å². The molecule has 5 heteroatoms. The number of hydrogen-bond acceptors (Lipinski definition) is 4. The first kappa shape index (κ1) is 15.9. The second-order valence-electron chi connectivity index (χ2n) is 5.77. The van der Waals surface area contributed by atoms with E-state index < -0.39 is 0 Å². The summed E-state index contributed by atoms with van der Waals surface area (Å²) in [7, 11) is 1.59. The third-order valence-electron chi connectivity index (χ3n) is 4.17. The highest BCUT2D eigenvalue weighted by Gasteiger charge is 2.36. The van der Waals surface area contributed by atoms with Crippen molar-refractivity contribution in [2.45, 2.75) is 0 Å². The number of methoxy groups -OCH3 is 1. The van der Waals surface area contributed by atoms with Crippen LogP contribution >= 0.6 is 0 Å². The molecule has 0 radical (unpaired) electrons. The molecule has 0 atom stereocenters. The van der Waals surface area contributed by atoms with Gasteiger partial charge in [-0.1, -0.05) is 18.2 Å². The highest BCUT2D eigenvalue weighted by molar-refractivity contribution is 6.34. The molecule has 0 spiro atoms. The molecule has 0 aliphatic carbocycles. The molecule has 0 aromatic heterocycles. The maximum absolute atomic E-state index is 12.5. The molecule has 3 aromatic carbocycles. The number of nitrogens with zero attached hydrogens (tertiary/aromatic N) is 1. The molecule has 26 heavy (non-hydrogen) atoms. The van der Waals surface area contributed by atoms with Gasteiger partial charge in [-0.2, -0.15) is 0 Å². The highest BCUT2D eigenvalue weighted by atomic mass is 16.5. The lowest BCUT2D eigenvalue weighted by molar-refractivity contribution is 0.0926. The monoisotopic (exact) mass is 345 g/mol. The second kappa shape index (κ2) is 6.37. The summed E-state index contributed by atoms with van der Waals surface area (Å²) in [6, 6.07) is 20.9. The summed E-state index contributed by atoms with van der Waals surface area (Å²) in [6.07, 6.45) is 0. The van der Waals surface area contributed by atoms with Crippen molar-refractivity contribution in [1.29, 1.82) is 0 Å². The maximum Gasteiger partial charge on any atom is 0.266 e. The van der Waals surface area contributed by atoms with Crippen molar-refractivity contribution < 1.29 is 19.1 Å². The Bertz CT molecular complexity index is 960. The zero-order chi connectivity index (χ0) is 18.1. The molecule has 5 nitrogen and oxygen atoms in total. The van der Waals surface area contributed by atoms with Crippen LogP contribution in [0.1, 0.15) is 20.7 Å². The van der Waals surface area contributed by atoms with Crippen LogP contribution in [0.2, 0.25) is 0 Å². The minimum Gasteiger partial charge on any atom is -0.497 e. The first-order valence-electron chi connectivity index (χ1n) is 8.07. The van der Waals surface area contributed by atoms with E-state index in [1.807, 2.05) is 18.2 Å². The number of rotatable bonds is 4. The summed E-state index contributed by atoms with van der Waals surface area (Å²) in [5.41, 5.74) is 1.36. The van der Waals surface area contributed by atoms with Crippen LogP contribution in [0.25, 0.3) is 0 Å². The average molecular weight is 345 g/mol. The minimum atomic E-state index is -0.313. The molecule has 1 heterocycles. The van der Waals surface area contributed by atoms with E-state index in [0.717, 1.165) is 0 Å². The molecule has 4 rings (SSSR count). The van der Waals surface area contributed by atoms with Gasteiger partial charge < -0.3 is 9.47 Å². The van der Waals surface area contributed by atoms with Gasteiger partial charge in [0.15, 0.2) is 0 Å². The molecule has 0 saturated carbocycles. The summed E-state index contributed by atoms with van der Waals surface area (Å²) in [5, 5.41) is 0. The first-order valence-corrected chi connectivity index (χ1v) is 8.07. The van der Waals surface area contributed by atoms with Gasteiger partial charge in [0.25, 0.3) is 11.8 Å². The summed E-state index contributed by atoms with van der Waals surface area (Å²) in [6.45, 7) is 0. The Kier molecular flexibility index (Phi) is 3.89. The van der Waals surface area contributed by atoms with Crippen molar-refractivity contribution in [2.24, 2.45) is 0 Å². The molecule has 0 N–H and O–H groups in total. The minimum absolute atomic E-state index is 0.313. The van der Waals surface area contributed by atoms with Gasteiger partial charge in [0, 0.05) is 6.07 Å². The molecule has 0 saturated heterocycles. The van der Waals surface area contributed by atoms with Crippen molar-refractivity contribution in [1.82, 2.24) is 0 Å². The lowest BCUT2D eigenvalue weighted by Crippen LogP contribution is -2.29. The Hall–Kier alpha value is -3.60. The van der Waals surface area contributed by atoms with E-state index in [0.29, 0.717) is 34.1 Å². The van der Waals surface area contributed by atoms with E-state index in [9.17, 15) is 9.59 Å². The molecule has 2 amide bonds. The number of hydrogen-bond donors (Lipinski definition) is 0. The number of anilines is 1. The van der Waals surface area contributed by atoms with E-state index in [-0.39, 0.29) is 11.8 Å². The number of amides is 2. The molecular weight excluding hydrogens is 330 g/mol. The molecule has 1 aliphatic rings. The van der Waals surface area contributed by atoms with Crippen molar-refractivity contribution >= 4 is 17.5 Å². The lowest BCUT2D eigenvalue weighted by Gasteiger charge is -2.14. The van der Waals surface area contributed by atoms with Crippen molar-refractivity contribution in [3.63, 3.8) is 0 Å². The SMILES string of the molecule is COc1cccc(Oc2ccc(N3C(=O)c4ccccc4C3=O)cc2)c1. The van der Waals surface area contributed by atoms with Crippen molar-refractivity contribution in [2.75, 3.05) is 12.0 Å². The van der Waals surface area contributed by atoms with E-state index in [1.165, 1.54) is 4.90 Å². The Morgan fingerprint density at radius 1 is 0.692 bits per heavy atom. The van der Waals surface area contributed by atoms with Crippen molar-refractivity contribution in [3.8, 4) is 17.2 Å². The zero-order valence-electron chi connectivity index (χ0n) is 14.0. The van der Waals surface area contributed by atoms with E-state index in [4.69, 9.17) is 9.47 Å². The third-order valence-corrected chi connectivity index (χ3v) is 4.17. The fourth-order valence-electron chi connectivity index (χ4n) is 2.89. The standard InChI is InChI=1S/C21H15NO4/c1-25-16-5-4-6-17(13-16)26-15-11-9-14(10-12-15)22-20(23)18-7-2-3-8-19(18)21(22)24/h2-13H,1H3. The number of benzene rings is 3. The Morgan fingerprint density at radius 2 is 1.31 bits per heavy atom. The van der Waals surface area contributed by atoms with Crippen molar-refractivity contribution in [3.05, 3.63) is 83.9 Å². The predicted octanol–water partition coefficient (Wildman–Crippen LogP) is 4.29. The molecule has 1 aliphatic heterocycles. The lowest BCUT2D eigenvalue weighted by atomic mass is 10.1. The molecule has 0 bridgehead atoms. The quantitative estimate of drug-likeness (QED) is 0.662. The topological polar surface area (TPSA) is 55.8 Å². The van der Waals surface area contributed by atoms with Crippen LogP contribution in [-0.2, 0) is 0 Å². The number of carbonyl (C=O) groups is 2. The van der Waals surface area contributed by atoms with Gasteiger partial charge in [-0.15, -0.1) is 0 Å². The van der Waals surface area contributed by atoms with E-state index in [2.05, 4.69) is 0 Å². The first-order chi connectivity index (χ1) is 12.7. The number of carbonyl (C=O) groups excluding carboxylic acids is 2. The molecule has 3 aromatic rings. The Morgan fingerprint density at radius 3 is 1.92 bits per heavy atom. The summed E-state index contributed by atoms with van der Waals surface area (Å²) in [4.78, 5) is 26.2. The van der Waals surface area contributed by atoms with Crippen LogP contribution in [-0.4, -0.2) is 18.9 Å².